The summed E-state index contributed by atoms with van der Waals surface area (Å²) in [6.45, 7) is 0. The lowest BCUT2D eigenvalue weighted by atomic mass is 9.78. The Kier molecular flexibility index (Phi) is 6.47. The molecule has 0 aromatic carbocycles. The van der Waals surface area contributed by atoms with E-state index in [1.165, 1.54) is 0 Å². The minimum atomic E-state index is -2.52. The van der Waals surface area contributed by atoms with E-state index in [0.29, 0.717) is 19.3 Å². The van der Waals surface area contributed by atoms with Gasteiger partial charge in [0.2, 0.25) is 5.92 Å². The molecule has 1 aliphatic carbocycles. The molecule has 6 heteroatoms. The molecular formula is C12H18Cl2F2N2. The summed E-state index contributed by atoms with van der Waals surface area (Å²) < 4.78 is 26.0. The molecule has 2 nitrogen and oxygen atoms in total. The van der Waals surface area contributed by atoms with Gasteiger partial charge in [-0.15, -0.1) is 24.8 Å². The minimum Gasteiger partial charge on any atom is -0.325 e. The predicted molar refractivity (Wildman–Crippen MR) is 72.8 cm³/mol. The third kappa shape index (κ3) is 4.67. The van der Waals surface area contributed by atoms with Crippen LogP contribution in [-0.4, -0.2) is 16.4 Å². The van der Waals surface area contributed by atoms with Crippen molar-refractivity contribution in [3.8, 4) is 0 Å². The Hall–Kier alpha value is -0.450. The summed E-state index contributed by atoms with van der Waals surface area (Å²) in [4.78, 5) is 4.19. The summed E-state index contributed by atoms with van der Waals surface area (Å²) in [5, 5.41) is 0. The average molecular weight is 299 g/mol. The molecule has 0 saturated heterocycles. The van der Waals surface area contributed by atoms with E-state index in [-0.39, 0.29) is 37.7 Å². The maximum Gasteiger partial charge on any atom is 0.248 e. The highest BCUT2D eigenvalue weighted by Gasteiger charge is 2.41. The molecule has 1 heterocycles. The van der Waals surface area contributed by atoms with Gasteiger partial charge in [-0.3, -0.25) is 4.98 Å². The van der Waals surface area contributed by atoms with E-state index >= 15 is 0 Å². The first kappa shape index (κ1) is 17.6. The number of pyridine rings is 1. The highest BCUT2D eigenvalue weighted by molar-refractivity contribution is 5.85. The van der Waals surface area contributed by atoms with Crippen LogP contribution >= 0.6 is 24.8 Å². The maximum atomic E-state index is 13.0. The summed E-state index contributed by atoms with van der Waals surface area (Å²) in [7, 11) is 0. The van der Waals surface area contributed by atoms with E-state index in [1.807, 2.05) is 18.2 Å². The molecule has 1 saturated carbocycles. The van der Waals surface area contributed by atoms with Crippen LogP contribution in [0.2, 0.25) is 0 Å². The SMILES string of the molecule is Cl.Cl.NC1(Cc2ccccn2)CCC(F)(F)CC1. The van der Waals surface area contributed by atoms with Crippen molar-refractivity contribution >= 4 is 24.8 Å². The molecule has 2 N–H and O–H groups in total. The largest absolute Gasteiger partial charge is 0.325 e. The van der Waals surface area contributed by atoms with Crippen molar-refractivity contribution in [3.05, 3.63) is 30.1 Å². The van der Waals surface area contributed by atoms with Gasteiger partial charge in [-0.1, -0.05) is 6.07 Å². The first-order valence-corrected chi connectivity index (χ1v) is 5.56. The second kappa shape index (κ2) is 6.64. The van der Waals surface area contributed by atoms with Gasteiger partial charge in [0.1, 0.15) is 0 Å². The molecule has 1 aliphatic rings. The number of alkyl halides is 2. The summed E-state index contributed by atoms with van der Waals surface area (Å²) in [5.41, 5.74) is 6.52. The lowest BCUT2D eigenvalue weighted by Gasteiger charge is -2.36. The molecule has 0 atom stereocenters. The van der Waals surface area contributed by atoms with Crippen LogP contribution in [0.5, 0.6) is 0 Å². The van der Waals surface area contributed by atoms with Gasteiger partial charge in [0.05, 0.1) is 0 Å². The van der Waals surface area contributed by atoms with Crippen molar-refractivity contribution in [2.45, 2.75) is 43.6 Å². The zero-order chi connectivity index (χ0) is 11.6. The zero-order valence-electron chi connectivity index (χ0n) is 9.94. The van der Waals surface area contributed by atoms with E-state index < -0.39 is 11.5 Å². The van der Waals surface area contributed by atoms with Crippen molar-refractivity contribution < 1.29 is 8.78 Å². The van der Waals surface area contributed by atoms with E-state index in [0.717, 1.165) is 5.69 Å². The van der Waals surface area contributed by atoms with E-state index in [9.17, 15) is 8.78 Å². The molecule has 1 aromatic rings. The summed E-state index contributed by atoms with van der Waals surface area (Å²) in [5.74, 6) is -2.52. The van der Waals surface area contributed by atoms with E-state index in [2.05, 4.69) is 4.98 Å². The van der Waals surface area contributed by atoms with Gasteiger partial charge in [0.15, 0.2) is 0 Å². The quantitative estimate of drug-likeness (QED) is 0.909. The third-order valence-corrected chi connectivity index (χ3v) is 3.24. The molecule has 0 amide bonds. The number of nitrogens with zero attached hydrogens (tertiary/aromatic N) is 1. The molecule has 0 bridgehead atoms. The van der Waals surface area contributed by atoms with Crippen LogP contribution in [0.1, 0.15) is 31.4 Å². The van der Waals surface area contributed by atoms with Gasteiger partial charge in [0.25, 0.3) is 0 Å². The van der Waals surface area contributed by atoms with Gasteiger partial charge in [-0.05, 0) is 25.0 Å². The number of aromatic nitrogens is 1. The van der Waals surface area contributed by atoms with Gasteiger partial charge in [-0.25, -0.2) is 8.78 Å². The lowest BCUT2D eigenvalue weighted by molar-refractivity contribution is -0.0506. The maximum absolute atomic E-state index is 13.0. The smallest absolute Gasteiger partial charge is 0.248 e. The fraction of sp³-hybridized carbons (Fsp3) is 0.583. The van der Waals surface area contributed by atoms with Gasteiger partial charge in [-0.2, -0.15) is 0 Å². The van der Waals surface area contributed by atoms with Crippen molar-refractivity contribution in [1.82, 2.24) is 4.98 Å². The molecule has 2 rings (SSSR count). The topological polar surface area (TPSA) is 38.9 Å². The Balaban J connectivity index is 0.00000144. The molecule has 1 aromatic heterocycles. The second-order valence-corrected chi connectivity index (χ2v) is 4.72. The highest BCUT2D eigenvalue weighted by Crippen LogP contribution is 2.38. The Labute approximate surface area is 118 Å². The molecule has 0 unspecified atom stereocenters. The van der Waals surface area contributed by atoms with Gasteiger partial charge < -0.3 is 5.73 Å². The number of halogens is 4. The van der Waals surface area contributed by atoms with Gasteiger partial charge >= 0.3 is 0 Å². The number of rotatable bonds is 2. The predicted octanol–water partition coefficient (Wildman–Crippen LogP) is 3.37. The van der Waals surface area contributed by atoms with Crippen LogP contribution in [0.25, 0.3) is 0 Å². The monoisotopic (exact) mass is 298 g/mol. The van der Waals surface area contributed by atoms with Crippen LogP contribution in [-0.2, 0) is 6.42 Å². The van der Waals surface area contributed by atoms with Crippen LogP contribution in [0, 0.1) is 0 Å². The van der Waals surface area contributed by atoms with Crippen molar-refractivity contribution in [2.24, 2.45) is 5.73 Å². The molecule has 104 valence electrons. The fourth-order valence-corrected chi connectivity index (χ4v) is 2.15. The normalized spacial score (nSPS) is 20.4. The Bertz CT molecular complexity index is 350. The van der Waals surface area contributed by atoms with Crippen LogP contribution in [0.3, 0.4) is 0 Å². The first-order chi connectivity index (χ1) is 7.49. The molecule has 1 fully saturated rings. The van der Waals surface area contributed by atoms with Crippen molar-refractivity contribution in [1.29, 1.82) is 0 Å². The number of hydrogen-bond donors (Lipinski definition) is 1. The third-order valence-electron chi connectivity index (χ3n) is 3.24. The number of nitrogens with two attached hydrogens (primary N) is 1. The van der Waals surface area contributed by atoms with Gasteiger partial charge in [0, 0.05) is 36.7 Å². The Morgan fingerprint density at radius 2 is 1.72 bits per heavy atom. The van der Waals surface area contributed by atoms with Crippen LogP contribution in [0.15, 0.2) is 24.4 Å². The first-order valence-electron chi connectivity index (χ1n) is 5.56. The Morgan fingerprint density at radius 1 is 1.11 bits per heavy atom. The highest BCUT2D eigenvalue weighted by atomic mass is 35.5. The van der Waals surface area contributed by atoms with Crippen molar-refractivity contribution in [2.75, 3.05) is 0 Å². The lowest BCUT2D eigenvalue weighted by Crippen LogP contribution is -2.47. The molecular weight excluding hydrogens is 281 g/mol. The Morgan fingerprint density at radius 3 is 2.22 bits per heavy atom. The van der Waals surface area contributed by atoms with Crippen molar-refractivity contribution in [3.63, 3.8) is 0 Å². The van der Waals surface area contributed by atoms with Crippen LogP contribution < -0.4 is 5.73 Å². The molecule has 0 spiro atoms. The summed E-state index contributed by atoms with van der Waals surface area (Å²) in [6, 6.07) is 5.62. The zero-order valence-corrected chi connectivity index (χ0v) is 11.6. The fourth-order valence-electron chi connectivity index (χ4n) is 2.15. The van der Waals surface area contributed by atoms with Crippen LogP contribution in [0.4, 0.5) is 8.78 Å². The standard InChI is InChI=1S/C12H16F2N2.2ClH/c13-12(14)6-4-11(15,5-7-12)9-10-3-1-2-8-16-10;;/h1-3,8H,4-7,9,15H2;2*1H. The van der Waals surface area contributed by atoms with E-state index in [1.54, 1.807) is 6.20 Å². The summed E-state index contributed by atoms with van der Waals surface area (Å²) >= 11 is 0. The minimum absolute atomic E-state index is 0. The second-order valence-electron chi connectivity index (χ2n) is 4.72. The van der Waals surface area contributed by atoms with E-state index in [4.69, 9.17) is 5.73 Å². The summed E-state index contributed by atoms with van der Waals surface area (Å²) in [6.07, 6.45) is 2.83. The molecule has 18 heavy (non-hydrogen) atoms. The molecule has 0 aliphatic heterocycles. The molecule has 0 radical (unpaired) electrons. The number of hydrogen-bond acceptors (Lipinski definition) is 2. The average Bonchev–Trinajstić information content (AvgIpc) is 2.25.